The summed E-state index contributed by atoms with van der Waals surface area (Å²) < 4.78 is 5.70. The number of ether oxygens (including phenoxy) is 1. The van der Waals surface area contributed by atoms with Crippen molar-refractivity contribution in [3.05, 3.63) is 0 Å². The molecule has 1 heterocycles. The molecule has 0 bridgehead atoms. The van der Waals surface area contributed by atoms with Gasteiger partial charge in [0.25, 0.3) is 0 Å². The Bertz CT molecular complexity index is 280. The average molecular weight is 272 g/mol. The summed E-state index contributed by atoms with van der Waals surface area (Å²) in [4.78, 5) is 13.5. The van der Waals surface area contributed by atoms with Gasteiger partial charge in [0.2, 0.25) is 0 Å². The van der Waals surface area contributed by atoms with Crippen LogP contribution >= 0.6 is 0 Å². The molecule has 19 heavy (non-hydrogen) atoms. The first-order valence-electron chi connectivity index (χ1n) is 7.26. The zero-order valence-corrected chi connectivity index (χ0v) is 12.4. The van der Waals surface area contributed by atoms with Gasteiger partial charge in [0, 0.05) is 19.7 Å². The number of hydrogen-bond donors (Lipinski definition) is 2. The Labute approximate surface area is 116 Å². The van der Waals surface area contributed by atoms with Crippen molar-refractivity contribution in [2.75, 3.05) is 33.3 Å². The van der Waals surface area contributed by atoms with Gasteiger partial charge in [-0.1, -0.05) is 6.92 Å². The summed E-state index contributed by atoms with van der Waals surface area (Å²) in [5.41, 5.74) is -0.837. The molecule has 5 heteroatoms. The first kappa shape index (κ1) is 16.4. The molecule has 0 aromatic rings. The maximum Gasteiger partial charge on any atom is 0.323 e. The molecule has 0 aromatic carbocycles. The Morgan fingerprint density at radius 1 is 1.53 bits per heavy atom. The van der Waals surface area contributed by atoms with Gasteiger partial charge in [0.05, 0.1) is 6.10 Å². The second kappa shape index (κ2) is 7.82. The molecule has 2 N–H and O–H groups in total. The summed E-state index contributed by atoms with van der Waals surface area (Å²) in [6.45, 7) is 6.86. The zero-order valence-electron chi connectivity index (χ0n) is 12.4. The molecule has 0 aromatic heterocycles. The van der Waals surface area contributed by atoms with E-state index < -0.39 is 11.5 Å². The van der Waals surface area contributed by atoms with Gasteiger partial charge in [0.1, 0.15) is 5.54 Å². The van der Waals surface area contributed by atoms with Crippen LogP contribution in [-0.4, -0.2) is 60.9 Å². The van der Waals surface area contributed by atoms with Crippen molar-refractivity contribution in [2.24, 2.45) is 0 Å². The second-order valence-corrected chi connectivity index (χ2v) is 5.67. The van der Waals surface area contributed by atoms with Gasteiger partial charge >= 0.3 is 5.97 Å². The van der Waals surface area contributed by atoms with Crippen LogP contribution in [0.15, 0.2) is 0 Å². The number of nitrogens with one attached hydrogen (secondary N) is 1. The van der Waals surface area contributed by atoms with Crippen LogP contribution in [0.4, 0.5) is 0 Å². The highest BCUT2D eigenvalue weighted by atomic mass is 16.5. The first-order chi connectivity index (χ1) is 8.98. The highest BCUT2D eigenvalue weighted by Crippen LogP contribution is 2.15. The van der Waals surface area contributed by atoms with Gasteiger partial charge in [-0.25, -0.2) is 0 Å². The van der Waals surface area contributed by atoms with Crippen molar-refractivity contribution < 1.29 is 14.6 Å². The molecule has 2 unspecified atom stereocenters. The number of nitrogens with zero attached hydrogens (tertiary/aromatic N) is 1. The third kappa shape index (κ3) is 5.47. The van der Waals surface area contributed by atoms with E-state index in [0.717, 1.165) is 32.5 Å². The van der Waals surface area contributed by atoms with Crippen LogP contribution in [0.2, 0.25) is 0 Å². The van der Waals surface area contributed by atoms with Crippen molar-refractivity contribution in [1.29, 1.82) is 0 Å². The quantitative estimate of drug-likeness (QED) is 0.698. The van der Waals surface area contributed by atoms with Gasteiger partial charge in [-0.05, 0) is 46.2 Å². The number of carboxylic acid groups (broad SMARTS) is 1. The summed E-state index contributed by atoms with van der Waals surface area (Å²) >= 11 is 0. The highest BCUT2D eigenvalue weighted by Gasteiger charge is 2.32. The van der Waals surface area contributed by atoms with Gasteiger partial charge < -0.3 is 20.1 Å². The Morgan fingerprint density at radius 3 is 2.79 bits per heavy atom. The lowest BCUT2D eigenvalue weighted by Crippen LogP contribution is -2.51. The van der Waals surface area contributed by atoms with Crippen LogP contribution < -0.4 is 5.32 Å². The first-order valence-corrected chi connectivity index (χ1v) is 7.26. The molecule has 2 atom stereocenters. The molecular formula is C14H28N2O3. The van der Waals surface area contributed by atoms with Crippen molar-refractivity contribution in [3.63, 3.8) is 0 Å². The molecule has 1 aliphatic rings. The molecule has 1 fully saturated rings. The summed E-state index contributed by atoms with van der Waals surface area (Å²) in [7, 11) is 2.03. The topological polar surface area (TPSA) is 61.8 Å². The molecular weight excluding hydrogens is 244 g/mol. The molecule has 0 spiro atoms. The van der Waals surface area contributed by atoms with Gasteiger partial charge in [-0.3, -0.25) is 4.79 Å². The molecule has 1 aliphatic heterocycles. The van der Waals surface area contributed by atoms with Gasteiger partial charge in [0.15, 0.2) is 0 Å². The number of carboxylic acids is 1. The lowest BCUT2D eigenvalue weighted by atomic mass is 9.97. The van der Waals surface area contributed by atoms with Crippen molar-refractivity contribution in [1.82, 2.24) is 10.2 Å². The standard InChI is InChI=1S/C14H28N2O3/c1-4-15-14(2,13(17)18)8-9-16(3)11-12-7-5-6-10-19-12/h12,15H,4-11H2,1-3H3,(H,17,18). The number of carbonyl (C=O) groups is 1. The van der Waals surface area contributed by atoms with Crippen LogP contribution in [0, 0.1) is 0 Å². The summed E-state index contributed by atoms with van der Waals surface area (Å²) in [5, 5.41) is 12.4. The van der Waals surface area contributed by atoms with E-state index in [4.69, 9.17) is 4.74 Å². The smallest absolute Gasteiger partial charge is 0.323 e. The maximum atomic E-state index is 11.3. The minimum absolute atomic E-state index is 0.314. The monoisotopic (exact) mass is 272 g/mol. The third-order valence-electron chi connectivity index (χ3n) is 3.82. The molecule has 0 amide bonds. The molecule has 1 rings (SSSR count). The van der Waals surface area contributed by atoms with Gasteiger partial charge in [-0.2, -0.15) is 0 Å². The van der Waals surface area contributed by atoms with E-state index in [1.165, 1.54) is 6.42 Å². The minimum Gasteiger partial charge on any atom is -0.480 e. The van der Waals surface area contributed by atoms with Gasteiger partial charge in [-0.15, -0.1) is 0 Å². The Morgan fingerprint density at radius 2 is 2.26 bits per heavy atom. The Kier molecular flexibility index (Phi) is 6.75. The van der Waals surface area contributed by atoms with E-state index in [0.29, 0.717) is 19.1 Å². The average Bonchev–Trinajstić information content (AvgIpc) is 2.38. The highest BCUT2D eigenvalue weighted by molar-refractivity contribution is 5.78. The number of hydrogen-bond acceptors (Lipinski definition) is 4. The minimum atomic E-state index is -0.837. The van der Waals surface area contributed by atoms with Crippen LogP contribution in [0.3, 0.4) is 0 Å². The summed E-state index contributed by atoms with van der Waals surface area (Å²) in [6, 6.07) is 0. The predicted molar refractivity (Wildman–Crippen MR) is 75.4 cm³/mol. The van der Waals surface area contributed by atoms with Crippen molar-refractivity contribution in [3.8, 4) is 0 Å². The van der Waals surface area contributed by atoms with E-state index >= 15 is 0 Å². The fraction of sp³-hybridized carbons (Fsp3) is 0.929. The third-order valence-corrected chi connectivity index (χ3v) is 3.82. The zero-order chi connectivity index (χ0) is 14.3. The van der Waals surface area contributed by atoms with E-state index in [9.17, 15) is 9.90 Å². The van der Waals surface area contributed by atoms with Crippen molar-refractivity contribution in [2.45, 2.75) is 51.2 Å². The molecule has 0 radical (unpaired) electrons. The summed E-state index contributed by atoms with van der Waals surface area (Å²) in [6.07, 6.45) is 4.43. The van der Waals surface area contributed by atoms with Crippen LogP contribution in [-0.2, 0) is 9.53 Å². The van der Waals surface area contributed by atoms with E-state index in [1.54, 1.807) is 6.92 Å². The second-order valence-electron chi connectivity index (χ2n) is 5.67. The van der Waals surface area contributed by atoms with E-state index in [-0.39, 0.29) is 0 Å². The maximum absolute atomic E-state index is 11.3. The fourth-order valence-electron chi connectivity index (χ4n) is 2.47. The number of rotatable bonds is 8. The fourth-order valence-corrected chi connectivity index (χ4v) is 2.47. The predicted octanol–water partition coefficient (Wildman–Crippen LogP) is 1.33. The van der Waals surface area contributed by atoms with Crippen LogP contribution in [0.25, 0.3) is 0 Å². The normalized spacial score (nSPS) is 23.3. The van der Waals surface area contributed by atoms with E-state index in [2.05, 4.69) is 10.2 Å². The van der Waals surface area contributed by atoms with Crippen LogP contribution in [0.1, 0.15) is 39.5 Å². The van der Waals surface area contributed by atoms with E-state index in [1.807, 2.05) is 14.0 Å². The molecule has 5 nitrogen and oxygen atoms in total. The molecule has 1 saturated heterocycles. The molecule has 0 aliphatic carbocycles. The number of likely N-dealkylation sites (N-methyl/N-ethyl adjacent to an activating group) is 2. The Hall–Kier alpha value is -0.650. The van der Waals surface area contributed by atoms with Crippen molar-refractivity contribution >= 4 is 5.97 Å². The molecule has 0 saturated carbocycles. The lowest BCUT2D eigenvalue weighted by molar-refractivity contribution is -0.144. The SMILES string of the molecule is CCNC(C)(CCN(C)CC1CCCCO1)C(=O)O. The largest absolute Gasteiger partial charge is 0.480 e. The molecule has 112 valence electrons. The Balaban J connectivity index is 2.34. The number of aliphatic carboxylic acids is 1. The van der Waals surface area contributed by atoms with Crippen LogP contribution in [0.5, 0.6) is 0 Å². The summed E-state index contributed by atoms with van der Waals surface area (Å²) in [5.74, 6) is -0.781. The lowest BCUT2D eigenvalue weighted by Gasteiger charge is -2.31.